The zero-order chi connectivity index (χ0) is 29.1. The number of nitrogens with one attached hydrogen (secondary N) is 1. The number of alkyl halides is 3. The highest BCUT2D eigenvalue weighted by atomic mass is 35.5. The molecule has 0 saturated carbocycles. The third kappa shape index (κ3) is 6.33. The van der Waals surface area contributed by atoms with E-state index >= 15 is 0 Å². The lowest BCUT2D eigenvalue weighted by molar-refractivity contribution is -0.139. The number of ether oxygens (including phenoxy) is 2. The number of amides is 1. The third-order valence-corrected chi connectivity index (χ3v) is 7.01. The van der Waals surface area contributed by atoms with Crippen molar-refractivity contribution in [1.82, 2.24) is 9.88 Å². The van der Waals surface area contributed by atoms with Crippen molar-refractivity contribution in [3.05, 3.63) is 106 Å². The van der Waals surface area contributed by atoms with Gasteiger partial charge in [-0.1, -0.05) is 11.6 Å². The molecule has 41 heavy (non-hydrogen) atoms. The number of carbonyl (C=O) groups excluding carboxylic acids is 1. The number of carbonyl (C=O) groups is 2. The van der Waals surface area contributed by atoms with E-state index in [1.165, 1.54) is 12.1 Å². The fraction of sp³-hybridized carbons (Fsp3) is 0.200. The van der Waals surface area contributed by atoms with Crippen LogP contribution in [0.15, 0.2) is 79.0 Å². The Morgan fingerprint density at radius 3 is 2.49 bits per heavy atom. The smallest absolute Gasteiger partial charge is 0.416 e. The molecule has 1 amide bonds. The molecule has 0 fully saturated rings. The summed E-state index contributed by atoms with van der Waals surface area (Å²) >= 11 is 6.35. The highest BCUT2D eigenvalue weighted by Gasteiger charge is 2.30. The van der Waals surface area contributed by atoms with Crippen molar-refractivity contribution in [2.75, 3.05) is 13.2 Å². The van der Waals surface area contributed by atoms with E-state index in [1.807, 2.05) is 6.07 Å². The summed E-state index contributed by atoms with van der Waals surface area (Å²) in [7, 11) is 0. The first-order chi connectivity index (χ1) is 19.6. The summed E-state index contributed by atoms with van der Waals surface area (Å²) in [5.74, 6) is -0.820. The van der Waals surface area contributed by atoms with Gasteiger partial charge in [0.15, 0.2) is 0 Å². The molecule has 4 aromatic rings. The van der Waals surface area contributed by atoms with Crippen molar-refractivity contribution in [1.29, 1.82) is 0 Å². The van der Waals surface area contributed by atoms with Crippen LogP contribution in [0.2, 0.25) is 5.02 Å². The molecule has 1 aliphatic heterocycles. The maximum absolute atomic E-state index is 12.9. The fourth-order valence-corrected chi connectivity index (χ4v) is 4.83. The monoisotopic (exact) mass is 584 g/mol. The lowest BCUT2D eigenvalue weighted by Gasteiger charge is -2.24. The van der Waals surface area contributed by atoms with Crippen LogP contribution < -0.4 is 14.8 Å². The highest BCUT2D eigenvalue weighted by Crippen LogP contribution is 2.42. The number of rotatable bonds is 8. The van der Waals surface area contributed by atoms with E-state index in [9.17, 15) is 27.9 Å². The summed E-state index contributed by atoms with van der Waals surface area (Å²) in [6.45, 7) is 0.583. The molecule has 2 N–H and O–H groups in total. The third-order valence-electron chi connectivity index (χ3n) is 6.72. The van der Waals surface area contributed by atoms with Gasteiger partial charge in [-0.2, -0.15) is 13.2 Å². The fourth-order valence-electron chi connectivity index (χ4n) is 4.61. The van der Waals surface area contributed by atoms with Gasteiger partial charge in [-0.3, -0.25) is 9.59 Å². The predicted molar refractivity (Wildman–Crippen MR) is 145 cm³/mol. The number of hydrogen-bond donors (Lipinski definition) is 2. The van der Waals surface area contributed by atoms with Crippen molar-refractivity contribution in [3.8, 4) is 22.9 Å². The van der Waals surface area contributed by atoms with Gasteiger partial charge in [-0.15, -0.1) is 0 Å². The molecule has 1 atom stereocenters. The molecule has 1 aliphatic rings. The topological polar surface area (TPSA) is 89.8 Å². The molecule has 212 valence electrons. The highest BCUT2D eigenvalue weighted by molar-refractivity contribution is 6.32. The van der Waals surface area contributed by atoms with Crippen LogP contribution in [0.1, 0.15) is 39.5 Å². The number of carboxylic acids is 1. The van der Waals surface area contributed by atoms with E-state index in [0.29, 0.717) is 53.4 Å². The molecular weight excluding hydrogens is 561 g/mol. The molecule has 0 aliphatic carbocycles. The quantitative estimate of drug-likeness (QED) is 0.236. The van der Waals surface area contributed by atoms with Crippen LogP contribution in [0, 0.1) is 0 Å². The van der Waals surface area contributed by atoms with E-state index in [0.717, 1.165) is 17.8 Å². The maximum atomic E-state index is 12.9. The molecule has 1 aromatic heterocycles. The van der Waals surface area contributed by atoms with E-state index in [2.05, 4.69) is 5.32 Å². The molecule has 11 heteroatoms. The van der Waals surface area contributed by atoms with Crippen molar-refractivity contribution >= 4 is 23.5 Å². The van der Waals surface area contributed by atoms with Gasteiger partial charge < -0.3 is 24.5 Å². The van der Waals surface area contributed by atoms with E-state index in [-0.39, 0.29) is 17.5 Å². The second-order valence-electron chi connectivity index (χ2n) is 9.39. The van der Waals surface area contributed by atoms with Gasteiger partial charge in [0.05, 0.1) is 23.1 Å². The maximum Gasteiger partial charge on any atom is 0.416 e. The van der Waals surface area contributed by atoms with Gasteiger partial charge in [0.2, 0.25) is 0 Å². The Morgan fingerprint density at radius 1 is 1.07 bits per heavy atom. The predicted octanol–water partition coefficient (Wildman–Crippen LogP) is 6.87. The number of fused-ring (bicyclic) bond motifs is 1. The minimum atomic E-state index is -4.40. The number of halogens is 4. The first-order valence-corrected chi connectivity index (χ1v) is 13.1. The Kier molecular flexibility index (Phi) is 7.94. The van der Waals surface area contributed by atoms with Gasteiger partial charge in [-0.05, 0) is 73.2 Å². The zero-order valence-electron chi connectivity index (χ0n) is 21.5. The zero-order valence-corrected chi connectivity index (χ0v) is 22.2. The summed E-state index contributed by atoms with van der Waals surface area (Å²) in [5, 5.41) is 12.5. The van der Waals surface area contributed by atoms with Gasteiger partial charge in [0, 0.05) is 47.7 Å². The molecule has 5 rings (SSSR count). The number of aliphatic carboxylic acids is 1. The van der Waals surface area contributed by atoms with Gasteiger partial charge >= 0.3 is 12.1 Å². The Hall–Kier alpha value is -4.44. The second kappa shape index (κ2) is 11.6. The average molecular weight is 585 g/mol. The Labute approximate surface area is 238 Å². The molecule has 1 unspecified atom stereocenters. The van der Waals surface area contributed by atoms with Crippen molar-refractivity contribution < 1.29 is 37.3 Å². The van der Waals surface area contributed by atoms with Crippen molar-refractivity contribution in [3.63, 3.8) is 0 Å². The molecule has 0 spiro atoms. The summed E-state index contributed by atoms with van der Waals surface area (Å²) in [6, 6.07) is 18.0. The number of carboxylic acid groups (broad SMARTS) is 1. The van der Waals surface area contributed by atoms with Gasteiger partial charge in [0.1, 0.15) is 17.2 Å². The molecule has 0 bridgehead atoms. The number of nitrogens with zero attached hydrogens (tertiary/aromatic N) is 1. The lowest BCUT2D eigenvalue weighted by atomic mass is 9.93. The summed E-state index contributed by atoms with van der Waals surface area (Å²) in [6.07, 6.45) is -1.83. The first kappa shape index (κ1) is 28.1. The largest absolute Gasteiger partial charge is 0.493 e. The van der Waals surface area contributed by atoms with Crippen LogP contribution in [0.5, 0.6) is 17.2 Å². The molecule has 0 saturated heterocycles. The summed E-state index contributed by atoms with van der Waals surface area (Å²) in [5.41, 5.74) is 1.60. The van der Waals surface area contributed by atoms with Crippen LogP contribution in [0.4, 0.5) is 13.2 Å². The van der Waals surface area contributed by atoms with E-state index in [4.69, 9.17) is 21.1 Å². The Bertz CT molecular complexity index is 1570. The summed E-state index contributed by atoms with van der Waals surface area (Å²) < 4.78 is 51.8. The second-order valence-corrected chi connectivity index (χ2v) is 9.80. The van der Waals surface area contributed by atoms with Crippen LogP contribution in [-0.2, 0) is 17.4 Å². The number of benzene rings is 3. The average Bonchev–Trinajstić information content (AvgIpc) is 3.41. The van der Waals surface area contributed by atoms with Gasteiger partial charge in [-0.25, -0.2) is 0 Å². The lowest BCUT2D eigenvalue weighted by Crippen LogP contribution is -2.26. The Morgan fingerprint density at radius 2 is 1.80 bits per heavy atom. The molecule has 2 heterocycles. The Balaban J connectivity index is 1.18. The standard InChI is InChI=1S/C30H24ClF3N2O5/c31-25-16-24-23(29(38)39)12-15-40-26(24)17-27(25)41-22-9-3-18(4-10-22)28(37)35-13-11-20-2-1-14-36(20)21-7-5-19(6-8-21)30(32,33)34/h1-10,14,16-17,23H,11-13,15H2,(H,35,37)(H,38,39). The summed E-state index contributed by atoms with van der Waals surface area (Å²) in [4.78, 5) is 24.2. The minimum Gasteiger partial charge on any atom is -0.493 e. The van der Waals surface area contributed by atoms with Crippen molar-refractivity contribution in [2.24, 2.45) is 0 Å². The van der Waals surface area contributed by atoms with Crippen molar-refractivity contribution in [2.45, 2.75) is 24.9 Å². The number of aromatic nitrogens is 1. The van der Waals surface area contributed by atoms with E-state index < -0.39 is 23.6 Å². The minimum absolute atomic E-state index is 0.239. The molecule has 3 aromatic carbocycles. The normalized spacial score (nSPS) is 14.6. The number of hydrogen-bond acceptors (Lipinski definition) is 4. The van der Waals surface area contributed by atoms with E-state index in [1.54, 1.807) is 53.2 Å². The SMILES string of the molecule is O=C(NCCc1cccn1-c1ccc(C(F)(F)F)cc1)c1ccc(Oc2cc3c(cc2Cl)C(C(=O)O)CCO3)cc1. The first-order valence-electron chi connectivity index (χ1n) is 12.7. The van der Waals surface area contributed by atoms with Crippen LogP contribution in [0.3, 0.4) is 0 Å². The molecule has 7 nitrogen and oxygen atoms in total. The van der Waals surface area contributed by atoms with Crippen LogP contribution in [0.25, 0.3) is 5.69 Å². The molecule has 0 radical (unpaired) electrons. The van der Waals surface area contributed by atoms with Crippen LogP contribution in [-0.4, -0.2) is 34.7 Å². The molecular formula is C30H24ClF3N2O5. The van der Waals surface area contributed by atoms with Gasteiger partial charge in [0.25, 0.3) is 5.91 Å². The van der Waals surface area contributed by atoms with Crippen LogP contribution >= 0.6 is 11.6 Å².